The molecule has 0 fully saturated rings. The van der Waals surface area contributed by atoms with Crippen LogP contribution < -0.4 is 5.32 Å². The van der Waals surface area contributed by atoms with Crippen LogP contribution in [0, 0.1) is 16.7 Å². The van der Waals surface area contributed by atoms with Gasteiger partial charge in [-0.2, -0.15) is 5.26 Å². The average molecular weight is 293 g/mol. The zero-order chi connectivity index (χ0) is 15.4. The van der Waals surface area contributed by atoms with Crippen LogP contribution in [0.15, 0.2) is 31.0 Å². The van der Waals surface area contributed by atoms with Crippen molar-refractivity contribution in [2.75, 3.05) is 6.54 Å². The summed E-state index contributed by atoms with van der Waals surface area (Å²) in [6.45, 7) is 0.693. The summed E-state index contributed by atoms with van der Waals surface area (Å²) >= 11 is 0. The summed E-state index contributed by atoms with van der Waals surface area (Å²) in [5.74, 6) is 0. The van der Waals surface area contributed by atoms with E-state index >= 15 is 0 Å². The Kier molecular flexibility index (Phi) is 3.83. The molecule has 3 rings (SSSR count). The van der Waals surface area contributed by atoms with E-state index in [0.29, 0.717) is 18.7 Å². The Morgan fingerprint density at radius 2 is 2.41 bits per heavy atom. The van der Waals surface area contributed by atoms with E-state index in [0.717, 1.165) is 28.5 Å². The molecule has 3 N–H and O–H groups in total. The summed E-state index contributed by atoms with van der Waals surface area (Å²) in [5, 5.41) is 20.3. The van der Waals surface area contributed by atoms with Gasteiger partial charge in [0.05, 0.1) is 23.5 Å². The Morgan fingerprint density at radius 3 is 3.23 bits per heavy atom. The number of pyridine rings is 1. The normalized spacial score (nSPS) is 11.7. The minimum absolute atomic E-state index is 0.518. The molecule has 7 heteroatoms. The van der Waals surface area contributed by atoms with Gasteiger partial charge in [-0.3, -0.25) is 4.57 Å². The highest BCUT2D eigenvalue weighted by Crippen LogP contribution is 2.23. The molecule has 22 heavy (non-hydrogen) atoms. The smallest absolute Gasteiger partial charge is 0.139 e. The van der Waals surface area contributed by atoms with Gasteiger partial charge in [-0.05, 0) is 12.5 Å². The second-order valence-electron chi connectivity index (χ2n) is 4.78. The lowest BCUT2D eigenvalue weighted by atomic mass is 10.3. The number of allylic oxidation sites excluding steroid dienone is 1. The highest BCUT2D eigenvalue weighted by molar-refractivity contribution is 6.08. The van der Waals surface area contributed by atoms with Gasteiger partial charge in [0.1, 0.15) is 17.5 Å². The molecule has 0 saturated carbocycles. The Morgan fingerprint density at radius 1 is 1.50 bits per heavy atom. The predicted molar refractivity (Wildman–Crippen MR) is 85.3 cm³/mol. The zero-order valence-corrected chi connectivity index (χ0v) is 11.9. The summed E-state index contributed by atoms with van der Waals surface area (Å²) in [5.41, 5.74) is 3.16. The standard InChI is InChI=1S/C15H15N7/c16-4-1-2-5-18-8-11(7-17)22-10-21-13-9-20-15-12(14(13)22)3-6-19-15/h3,6-10,17-18H,1-2,5H2,(H,19,20)/b11-8+,17-7?. The number of aromatic amines is 1. The molecule has 3 aromatic heterocycles. The monoisotopic (exact) mass is 293 g/mol. The molecular formula is C15H15N7. The lowest BCUT2D eigenvalue weighted by Crippen LogP contribution is -2.10. The molecule has 3 heterocycles. The van der Waals surface area contributed by atoms with Gasteiger partial charge in [0.25, 0.3) is 0 Å². The number of fused-ring (bicyclic) bond motifs is 3. The van der Waals surface area contributed by atoms with Crippen molar-refractivity contribution >= 4 is 34.0 Å². The van der Waals surface area contributed by atoms with Gasteiger partial charge in [-0.15, -0.1) is 0 Å². The van der Waals surface area contributed by atoms with Crippen LogP contribution >= 0.6 is 0 Å². The molecule has 0 unspecified atom stereocenters. The molecule has 0 bridgehead atoms. The largest absolute Gasteiger partial charge is 0.389 e. The lowest BCUT2D eigenvalue weighted by molar-refractivity contribution is 0.769. The van der Waals surface area contributed by atoms with Gasteiger partial charge in [-0.1, -0.05) is 0 Å². The molecule has 0 atom stereocenters. The van der Waals surface area contributed by atoms with Crippen molar-refractivity contribution in [1.82, 2.24) is 24.8 Å². The van der Waals surface area contributed by atoms with E-state index in [4.69, 9.17) is 10.7 Å². The van der Waals surface area contributed by atoms with Crippen molar-refractivity contribution in [3.8, 4) is 6.07 Å². The highest BCUT2D eigenvalue weighted by atomic mass is 15.1. The Labute approximate surface area is 126 Å². The molecule has 0 aliphatic rings. The average Bonchev–Trinajstić information content (AvgIpc) is 3.16. The summed E-state index contributed by atoms with van der Waals surface area (Å²) in [4.78, 5) is 11.7. The molecule has 0 radical (unpaired) electrons. The van der Waals surface area contributed by atoms with Gasteiger partial charge in [0, 0.05) is 37.0 Å². The minimum Gasteiger partial charge on any atom is -0.389 e. The van der Waals surface area contributed by atoms with E-state index in [9.17, 15) is 0 Å². The first-order valence-corrected chi connectivity index (χ1v) is 6.95. The number of aromatic nitrogens is 4. The Hall–Kier alpha value is -3.14. The van der Waals surface area contributed by atoms with Crippen LogP contribution in [0.3, 0.4) is 0 Å². The van der Waals surface area contributed by atoms with Crippen molar-refractivity contribution in [1.29, 1.82) is 10.7 Å². The highest BCUT2D eigenvalue weighted by Gasteiger charge is 2.10. The summed E-state index contributed by atoms with van der Waals surface area (Å²) in [6, 6.07) is 4.06. The van der Waals surface area contributed by atoms with E-state index in [1.54, 1.807) is 18.7 Å². The van der Waals surface area contributed by atoms with Crippen molar-refractivity contribution in [3.05, 3.63) is 31.0 Å². The topological polar surface area (TPSA) is 106 Å². The first kappa shape index (κ1) is 13.8. The van der Waals surface area contributed by atoms with Gasteiger partial charge < -0.3 is 15.7 Å². The van der Waals surface area contributed by atoms with Crippen LogP contribution in [0.25, 0.3) is 27.8 Å². The fourth-order valence-electron chi connectivity index (χ4n) is 2.33. The van der Waals surface area contributed by atoms with Gasteiger partial charge in [0.15, 0.2) is 0 Å². The van der Waals surface area contributed by atoms with Crippen LogP contribution in [0.2, 0.25) is 0 Å². The first-order chi connectivity index (χ1) is 10.8. The summed E-state index contributed by atoms with van der Waals surface area (Å²) in [7, 11) is 0. The molecule has 0 saturated heterocycles. The number of rotatable bonds is 6. The maximum atomic E-state index is 8.52. The second kappa shape index (κ2) is 6.10. The van der Waals surface area contributed by atoms with Crippen molar-refractivity contribution < 1.29 is 0 Å². The molecule has 0 amide bonds. The van der Waals surface area contributed by atoms with Crippen molar-refractivity contribution in [2.24, 2.45) is 0 Å². The predicted octanol–water partition coefficient (Wildman–Crippen LogP) is 2.25. The minimum atomic E-state index is 0.518. The third kappa shape index (κ3) is 2.42. The van der Waals surface area contributed by atoms with Gasteiger partial charge in [0.2, 0.25) is 0 Å². The number of hydrogen-bond acceptors (Lipinski definition) is 5. The van der Waals surface area contributed by atoms with E-state index in [1.165, 1.54) is 6.21 Å². The van der Waals surface area contributed by atoms with Crippen LogP contribution in [0.5, 0.6) is 0 Å². The molecule has 110 valence electrons. The second-order valence-corrected chi connectivity index (χ2v) is 4.78. The molecule has 0 spiro atoms. The van der Waals surface area contributed by atoms with E-state index < -0.39 is 0 Å². The van der Waals surface area contributed by atoms with E-state index in [1.807, 2.05) is 16.8 Å². The number of nitrogens with zero attached hydrogens (tertiary/aromatic N) is 4. The third-order valence-electron chi connectivity index (χ3n) is 3.38. The number of imidazole rings is 1. The fraction of sp³-hybridized carbons (Fsp3) is 0.200. The SMILES string of the molecule is N#CCCCN/C=C(\C=N)n1cnc2cnc3[nH]ccc3c21. The molecule has 3 aromatic rings. The van der Waals surface area contributed by atoms with Crippen LogP contribution in [0.1, 0.15) is 12.8 Å². The number of H-pyrrole nitrogens is 1. The molecule has 7 nitrogen and oxygen atoms in total. The zero-order valence-electron chi connectivity index (χ0n) is 11.9. The molecule has 0 aliphatic heterocycles. The maximum Gasteiger partial charge on any atom is 0.139 e. The Bertz CT molecular complexity index is 878. The first-order valence-electron chi connectivity index (χ1n) is 6.95. The van der Waals surface area contributed by atoms with E-state index in [-0.39, 0.29) is 0 Å². The van der Waals surface area contributed by atoms with Gasteiger partial charge >= 0.3 is 0 Å². The lowest BCUT2D eigenvalue weighted by Gasteiger charge is -2.06. The van der Waals surface area contributed by atoms with Crippen molar-refractivity contribution in [3.63, 3.8) is 0 Å². The quantitative estimate of drug-likeness (QED) is 0.478. The van der Waals surface area contributed by atoms with Crippen molar-refractivity contribution in [2.45, 2.75) is 12.8 Å². The molecule has 0 aromatic carbocycles. The third-order valence-corrected chi connectivity index (χ3v) is 3.38. The maximum absolute atomic E-state index is 8.52. The van der Waals surface area contributed by atoms with E-state index in [2.05, 4.69) is 26.3 Å². The summed E-state index contributed by atoms with van der Waals surface area (Å²) < 4.78 is 1.86. The van der Waals surface area contributed by atoms with Crippen LogP contribution in [-0.4, -0.2) is 32.3 Å². The fourth-order valence-corrected chi connectivity index (χ4v) is 2.33. The number of hydrogen-bond donors (Lipinski definition) is 3. The van der Waals surface area contributed by atoms with Crippen LogP contribution in [-0.2, 0) is 0 Å². The summed E-state index contributed by atoms with van der Waals surface area (Å²) in [6.07, 6.45) is 9.57. The molecular weight excluding hydrogens is 278 g/mol. The molecule has 0 aliphatic carbocycles. The number of nitriles is 1. The Balaban J connectivity index is 1.97. The number of unbranched alkanes of at least 4 members (excludes halogenated alkanes) is 1. The van der Waals surface area contributed by atoms with Crippen LogP contribution in [0.4, 0.5) is 0 Å². The van der Waals surface area contributed by atoms with Gasteiger partial charge in [-0.25, -0.2) is 9.97 Å². The number of nitrogens with one attached hydrogen (secondary N) is 3.